The molecule has 2 N–H and O–H groups in total. The Morgan fingerprint density at radius 1 is 1.50 bits per heavy atom. The minimum atomic E-state index is -1.20. The summed E-state index contributed by atoms with van der Waals surface area (Å²) in [4.78, 5) is 33.1. The molecule has 0 radical (unpaired) electrons. The number of hydrogen-bond donors (Lipinski definition) is 2. The van der Waals surface area contributed by atoms with Crippen LogP contribution in [0.3, 0.4) is 0 Å². The zero-order valence-electron chi connectivity index (χ0n) is 10.6. The van der Waals surface area contributed by atoms with E-state index in [4.69, 9.17) is 16.7 Å². The number of nitrogens with zero attached hydrogens (tertiary/aromatic N) is 1. The van der Waals surface area contributed by atoms with Gasteiger partial charge in [-0.05, 0) is 12.5 Å². The highest BCUT2D eigenvalue weighted by Gasteiger charge is 2.27. The second kappa shape index (κ2) is 6.85. The van der Waals surface area contributed by atoms with E-state index in [0.29, 0.717) is 6.42 Å². The van der Waals surface area contributed by atoms with Crippen molar-refractivity contribution in [2.45, 2.75) is 25.8 Å². The molecule has 20 heavy (non-hydrogen) atoms. The van der Waals surface area contributed by atoms with Crippen molar-refractivity contribution in [1.29, 1.82) is 0 Å². The summed E-state index contributed by atoms with van der Waals surface area (Å²) >= 11 is 5.80. The predicted molar refractivity (Wildman–Crippen MR) is 71.9 cm³/mol. The summed E-state index contributed by atoms with van der Waals surface area (Å²) in [5, 5.41) is 22.0. The molecule has 0 heterocycles. The fraction of sp³-hybridized carbons (Fsp3) is 0.333. The summed E-state index contributed by atoms with van der Waals surface area (Å²) in [7, 11) is 0. The third-order valence-electron chi connectivity index (χ3n) is 2.60. The van der Waals surface area contributed by atoms with Crippen LogP contribution in [0.4, 0.5) is 5.69 Å². The smallest absolute Gasteiger partial charge is 0.326 e. The number of nitrogens with one attached hydrogen (secondary N) is 1. The van der Waals surface area contributed by atoms with E-state index in [1.54, 1.807) is 6.92 Å². The van der Waals surface area contributed by atoms with Crippen molar-refractivity contribution in [3.63, 3.8) is 0 Å². The fourth-order valence-electron chi connectivity index (χ4n) is 1.67. The fourth-order valence-corrected chi connectivity index (χ4v) is 1.92. The highest BCUT2D eigenvalue weighted by molar-refractivity contribution is 6.34. The van der Waals surface area contributed by atoms with E-state index in [9.17, 15) is 19.7 Å². The lowest BCUT2D eigenvalue weighted by Gasteiger charge is -2.14. The lowest BCUT2D eigenvalue weighted by atomic mass is 10.1. The van der Waals surface area contributed by atoms with Crippen LogP contribution in [0.1, 0.15) is 30.1 Å². The molecule has 0 aliphatic rings. The number of aliphatic carboxylic acids is 1. The zero-order chi connectivity index (χ0) is 15.3. The number of carboxylic acids is 1. The van der Waals surface area contributed by atoms with Crippen LogP contribution in [0.25, 0.3) is 0 Å². The van der Waals surface area contributed by atoms with Crippen molar-refractivity contribution in [1.82, 2.24) is 5.32 Å². The van der Waals surface area contributed by atoms with Crippen LogP contribution in [-0.2, 0) is 4.79 Å². The molecule has 1 amide bonds. The molecule has 0 fully saturated rings. The molecule has 0 spiro atoms. The first-order valence-corrected chi connectivity index (χ1v) is 6.22. The monoisotopic (exact) mass is 300 g/mol. The number of nitro benzene ring substituents is 1. The Morgan fingerprint density at radius 3 is 2.65 bits per heavy atom. The van der Waals surface area contributed by atoms with Gasteiger partial charge in [-0.1, -0.05) is 31.0 Å². The standard InChI is InChI=1S/C12H13ClN2O5/c1-2-4-8(12(17)18)14-11(16)10-7(13)5-3-6-9(10)15(19)20/h3,5-6,8H,2,4H2,1H3,(H,14,16)(H,17,18)/t8-/m0/s1. The van der Waals surface area contributed by atoms with Crippen LogP contribution >= 0.6 is 11.6 Å². The number of hydrogen-bond acceptors (Lipinski definition) is 4. The van der Waals surface area contributed by atoms with Crippen LogP contribution in [0, 0.1) is 10.1 Å². The van der Waals surface area contributed by atoms with Crippen molar-refractivity contribution in [2.75, 3.05) is 0 Å². The lowest BCUT2D eigenvalue weighted by molar-refractivity contribution is -0.385. The van der Waals surface area contributed by atoms with Gasteiger partial charge in [-0.25, -0.2) is 4.79 Å². The second-order valence-electron chi connectivity index (χ2n) is 4.04. The van der Waals surface area contributed by atoms with Gasteiger partial charge in [0.1, 0.15) is 11.6 Å². The number of carbonyl (C=O) groups excluding carboxylic acids is 1. The zero-order valence-corrected chi connectivity index (χ0v) is 11.4. The Hall–Kier alpha value is -2.15. The van der Waals surface area contributed by atoms with Gasteiger partial charge < -0.3 is 10.4 Å². The molecule has 1 rings (SSSR count). The molecule has 0 bridgehead atoms. The minimum absolute atomic E-state index is 0.0997. The summed E-state index contributed by atoms with van der Waals surface area (Å²) in [5.41, 5.74) is -0.794. The largest absolute Gasteiger partial charge is 0.480 e. The summed E-state index contributed by atoms with van der Waals surface area (Å²) in [6.07, 6.45) is 0.765. The molecule has 0 saturated heterocycles. The normalized spacial score (nSPS) is 11.7. The predicted octanol–water partition coefficient (Wildman–Crippen LogP) is 2.23. The van der Waals surface area contributed by atoms with Gasteiger partial charge in [-0.15, -0.1) is 0 Å². The van der Waals surface area contributed by atoms with Crippen molar-refractivity contribution in [2.24, 2.45) is 0 Å². The SMILES string of the molecule is CCC[C@H](NC(=O)c1c(Cl)cccc1[N+](=O)[O-])C(=O)O. The molecule has 0 aliphatic carbocycles. The molecular weight excluding hydrogens is 288 g/mol. The number of carbonyl (C=O) groups is 2. The number of benzene rings is 1. The molecule has 0 aliphatic heterocycles. The van der Waals surface area contributed by atoms with Crippen molar-refractivity contribution >= 4 is 29.2 Å². The quantitative estimate of drug-likeness (QED) is 0.618. The summed E-state index contributed by atoms with van der Waals surface area (Å²) in [5.74, 6) is -2.07. The van der Waals surface area contributed by atoms with Crippen LogP contribution in [0.2, 0.25) is 5.02 Å². The van der Waals surface area contributed by atoms with Gasteiger partial charge in [0.05, 0.1) is 9.95 Å². The lowest BCUT2D eigenvalue weighted by Crippen LogP contribution is -2.40. The maximum atomic E-state index is 12.0. The van der Waals surface area contributed by atoms with E-state index >= 15 is 0 Å². The highest BCUT2D eigenvalue weighted by Crippen LogP contribution is 2.26. The van der Waals surface area contributed by atoms with E-state index in [2.05, 4.69) is 5.32 Å². The van der Waals surface area contributed by atoms with Crippen LogP contribution in [0.15, 0.2) is 18.2 Å². The van der Waals surface area contributed by atoms with Crippen molar-refractivity contribution in [3.8, 4) is 0 Å². The molecule has 1 atom stereocenters. The molecule has 0 aromatic heterocycles. The average Bonchev–Trinajstić information content (AvgIpc) is 2.37. The third kappa shape index (κ3) is 3.67. The van der Waals surface area contributed by atoms with Gasteiger partial charge in [0.15, 0.2) is 0 Å². The Labute approximate surface area is 119 Å². The van der Waals surface area contributed by atoms with Crippen LogP contribution in [0.5, 0.6) is 0 Å². The highest BCUT2D eigenvalue weighted by atomic mass is 35.5. The van der Waals surface area contributed by atoms with Gasteiger partial charge in [0, 0.05) is 6.07 Å². The van der Waals surface area contributed by atoms with E-state index in [1.165, 1.54) is 12.1 Å². The number of nitro groups is 1. The van der Waals surface area contributed by atoms with E-state index in [1.807, 2.05) is 0 Å². The third-order valence-corrected chi connectivity index (χ3v) is 2.91. The second-order valence-corrected chi connectivity index (χ2v) is 4.45. The average molecular weight is 301 g/mol. The van der Waals surface area contributed by atoms with Crippen LogP contribution < -0.4 is 5.32 Å². The molecule has 0 unspecified atom stereocenters. The number of carboxylic acid groups (broad SMARTS) is 1. The van der Waals surface area contributed by atoms with Gasteiger partial charge >= 0.3 is 5.97 Å². The topological polar surface area (TPSA) is 110 Å². The molecule has 1 aromatic rings. The first-order valence-electron chi connectivity index (χ1n) is 5.85. The Morgan fingerprint density at radius 2 is 2.15 bits per heavy atom. The molecule has 7 nitrogen and oxygen atoms in total. The minimum Gasteiger partial charge on any atom is -0.480 e. The van der Waals surface area contributed by atoms with E-state index in [0.717, 1.165) is 6.07 Å². The summed E-state index contributed by atoms with van der Waals surface area (Å²) in [6, 6.07) is 2.70. The van der Waals surface area contributed by atoms with E-state index < -0.39 is 28.5 Å². The molecule has 108 valence electrons. The number of halogens is 1. The Kier molecular flexibility index (Phi) is 5.45. The molecular formula is C12H13ClN2O5. The maximum Gasteiger partial charge on any atom is 0.326 e. The number of amides is 1. The first kappa shape index (κ1) is 15.9. The van der Waals surface area contributed by atoms with Gasteiger partial charge in [-0.2, -0.15) is 0 Å². The molecule has 0 saturated carbocycles. The van der Waals surface area contributed by atoms with Crippen molar-refractivity contribution < 1.29 is 19.6 Å². The van der Waals surface area contributed by atoms with Crippen molar-refractivity contribution in [3.05, 3.63) is 38.9 Å². The van der Waals surface area contributed by atoms with Crippen LogP contribution in [-0.4, -0.2) is 27.9 Å². The summed E-state index contributed by atoms with van der Waals surface area (Å²) in [6.45, 7) is 1.76. The Bertz CT molecular complexity index is 547. The summed E-state index contributed by atoms with van der Waals surface area (Å²) < 4.78 is 0. The molecule has 8 heteroatoms. The van der Waals surface area contributed by atoms with Gasteiger partial charge in [0.25, 0.3) is 11.6 Å². The number of rotatable bonds is 6. The Balaban J connectivity index is 3.09. The van der Waals surface area contributed by atoms with Gasteiger partial charge in [-0.3, -0.25) is 14.9 Å². The molecule has 1 aromatic carbocycles. The first-order chi connectivity index (χ1) is 9.38. The van der Waals surface area contributed by atoms with Gasteiger partial charge in [0.2, 0.25) is 0 Å². The maximum absolute atomic E-state index is 12.0. The van der Waals surface area contributed by atoms with E-state index in [-0.39, 0.29) is 17.0 Å².